The number of hydrogen-bond acceptors (Lipinski definition) is 5. The van der Waals surface area contributed by atoms with Crippen LogP contribution in [0.1, 0.15) is 10.4 Å². The van der Waals surface area contributed by atoms with Gasteiger partial charge in [-0.15, -0.1) is 0 Å². The van der Waals surface area contributed by atoms with Crippen molar-refractivity contribution in [2.24, 2.45) is 5.73 Å². The molecule has 0 saturated heterocycles. The minimum atomic E-state index is -0.810. The average Bonchev–Trinajstić information content (AvgIpc) is 2.46. The van der Waals surface area contributed by atoms with Gasteiger partial charge in [-0.05, 0) is 24.3 Å². The van der Waals surface area contributed by atoms with Crippen LogP contribution >= 0.6 is 0 Å². The third-order valence-electron chi connectivity index (χ3n) is 2.75. The fourth-order valence-corrected chi connectivity index (χ4v) is 1.73. The van der Waals surface area contributed by atoms with Crippen LogP contribution < -0.4 is 20.8 Å². The van der Waals surface area contributed by atoms with E-state index < -0.39 is 11.5 Å². The molecule has 0 aliphatic rings. The lowest BCUT2D eigenvalue weighted by Gasteiger charge is -2.09. The molecule has 0 aliphatic heterocycles. The van der Waals surface area contributed by atoms with Crippen LogP contribution in [0.25, 0.3) is 11.3 Å². The first kappa shape index (κ1) is 13.6. The Morgan fingerprint density at radius 2 is 1.90 bits per heavy atom. The van der Waals surface area contributed by atoms with E-state index >= 15 is 0 Å². The summed E-state index contributed by atoms with van der Waals surface area (Å²) in [5.74, 6) is 0.268. The molecule has 0 fully saturated rings. The van der Waals surface area contributed by atoms with E-state index in [1.54, 1.807) is 18.2 Å². The van der Waals surface area contributed by atoms with Crippen LogP contribution in [0.3, 0.4) is 0 Å². The number of aromatic nitrogens is 2. The van der Waals surface area contributed by atoms with Crippen LogP contribution in [0.2, 0.25) is 0 Å². The highest BCUT2D eigenvalue weighted by Crippen LogP contribution is 2.31. The van der Waals surface area contributed by atoms with Crippen LogP contribution in [0, 0.1) is 0 Å². The van der Waals surface area contributed by atoms with Gasteiger partial charge in [0.2, 0.25) is 0 Å². The number of rotatable bonds is 4. The molecule has 0 radical (unpaired) electrons. The maximum Gasteiger partial charge on any atom is 0.277 e. The van der Waals surface area contributed by atoms with E-state index in [0.29, 0.717) is 22.8 Å². The normalized spacial score (nSPS) is 10.1. The number of aromatic amines is 1. The average molecular weight is 275 g/mol. The zero-order valence-electron chi connectivity index (χ0n) is 11.0. The molecular weight excluding hydrogens is 262 g/mol. The van der Waals surface area contributed by atoms with E-state index in [1.807, 2.05) is 0 Å². The van der Waals surface area contributed by atoms with Crippen molar-refractivity contribution < 1.29 is 14.3 Å². The van der Waals surface area contributed by atoms with Gasteiger partial charge in [0.15, 0.2) is 11.5 Å². The second-order valence-corrected chi connectivity index (χ2v) is 3.93. The second-order valence-electron chi connectivity index (χ2n) is 3.93. The van der Waals surface area contributed by atoms with Crippen molar-refractivity contribution in [3.8, 4) is 22.8 Å². The number of primary amides is 1. The van der Waals surface area contributed by atoms with Crippen LogP contribution in [0.5, 0.6) is 11.5 Å². The maximum atomic E-state index is 11.4. The molecule has 0 bridgehead atoms. The first-order valence-corrected chi connectivity index (χ1v) is 5.68. The van der Waals surface area contributed by atoms with E-state index in [2.05, 4.69) is 10.2 Å². The first-order valence-electron chi connectivity index (χ1n) is 5.68. The van der Waals surface area contributed by atoms with Crippen molar-refractivity contribution in [3.63, 3.8) is 0 Å². The molecule has 7 heteroatoms. The van der Waals surface area contributed by atoms with Crippen molar-refractivity contribution in [3.05, 3.63) is 40.2 Å². The number of nitrogens with two attached hydrogens (primary N) is 1. The Labute approximate surface area is 114 Å². The standard InChI is InChI=1S/C13H13N3O4/c1-19-10-4-3-7(5-11(10)20-2)9-6-8(12(14)17)13(18)16-15-9/h3-6H,1-2H3,(H2,14,17)(H,16,18). The Hall–Kier alpha value is -2.83. The lowest BCUT2D eigenvalue weighted by atomic mass is 10.1. The molecule has 0 spiro atoms. The topological polar surface area (TPSA) is 107 Å². The number of nitrogens with one attached hydrogen (secondary N) is 1. The highest BCUT2D eigenvalue weighted by atomic mass is 16.5. The fraction of sp³-hybridized carbons (Fsp3) is 0.154. The molecule has 0 saturated carbocycles. The van der Waals surface area contributed by atoms with E-state index in [0.717, 1.165) is 0 Å². The summed E-state index contributed by atoms with van der Waals surface area (Å²) in [5, 5.41) is 6.12. The quantitative estimate of drug-likeness (QED) is 0.847. The molecule has 3 N–H and O–H groups in total. The van der Waals surface area contributed by atoms with Gasteiger partial charge in [0.25, 0.3) is 11.5 Å². The lowest BCUT2D eigenvalue weighted by molar-refractivity contribution is 0.0998. The first-order chi connectivity index (χ1) is 9.56. The summed E-state index contributed by atoms with van der Waals surface area (Å²) in [7, 11) is 3.04. The number of ether oxygens (including phenoxy) is 2. The van der Waals surface area contributed by atoms with Crippen LogP contribution in [0.15, 0.2) is 29.1 Å². The van der Waals surface area contributed by atoms with Crippen molar-refractivity contribution in [1.29, 1.82) is 0 Å². The number of amides is 1. The van der Waals surface area contributed by atoms with Gasteiger partial charge in [-0.1, -0.05) is 0 Å². The van der Waals surface area contributed by atoms with Gasteiger partial charge in [0.1, 0.15) is 5.56 Å². The summed E-state index contributed by atoms with van der Waals surface area (Å²) in [6, 6.07) is 6.45. The Balaban J connectivity index is 2.54. The molecule has 2 aromatic rings. The lowest BCUT2D eigenvalue weighted by Crippen LogP contribution is -2.24. The van der Waals surface area contributed by atoms with Crippen molar-refractivity contribution in [2.45, 2.75) is 0 Å². The second kappa shape index (κ2) is 5.43. The van der Waals surface area contributed by atoms with Gasteiger partial charge >= 0.3 is 0 Å². The van der Waals surface area contributed by atoms with Gasteiger partial charge in [0.05, 0.1) is 19.9 Å². The Morgan fingerprint density at radius 1 is 1.20 bits per heavy atom. The molecule has 7 nitrogen and oxygen atoms in total. The minimum Gasteiger partial charge on any atom is -0.493 e. The number of hydrogen-bond donors (Lipinski definition) is 2. The van der Waals surface area contributed by atoms with Crippen molar-refractivity contribution in [2.75, 3.05) is 14.2 Å². The Bertz CT molecular complexity index is 709. The SMILES string of the molecule is COc1ccc(-c2cc(C(N)=O)c(=O)[nH]n2)cc1OC. The minimum absolute atomic E-state index is 0.148. The molecule has 20 heavy (non-hydrogen) atoms. The van der Waals surface area contributed by atoms with Gasteiger partial charge in [-0.3, -0.25) is 9.59 Å². The number of nitrogens with zero attached hydrogens (tertiary/aromatic N) is 1. The number of H-pyrrole nitrogens is 1. The van der Waals surface area contributed by atoms with Gasteiger partial charge in [-0.2, -0.15) is 5.10 Å². The van der Waals surface area contributed by atoms with Gasteiger partial charge in [0, 0.05) is 5.56 Å². The maximum absolute atomic E-state index is 11.4. The molecular formula is C13H13N3O4. The monoisotopic (exact) mass is 275 g/mol. The third-order valence-corrected chi connectivity index (χ3v) is 2.75. The molecule has 1 aromatic carbocycles. The fourth-order valence-electron chi connectivity index (χ4n) is 1.73. The zero-order valence-corrected chi connectivity index (χ0v) is 11.0. The Kier molecular flexibility index (Phi) is 3.69. The van der Waals surface area contributed by atoms with Crippen LogP contribution in [0.4, 0.5) is 0 Å². The number of carbonyl (C=O) groups is 1. The summed E-state index contributed by atoms with van der Waals surface area (Å²) in [4.78, 5) is 22.6. The smallest absolute Gasteiger partial charge is 0.277 e. The summed E-state index contributed by atoms with van der Waals surface area (Å²) < 4.78 is 10.3. The van der Waals surface area contributed by atoms with E-state index in [-0.39, 0.29) is 5.56 Å². The molecule has 2 rings (SSSR count). The summed E-state index contributed by atoms with van der Waals surface area (Å²) >= 11 is 0. The molecule has 104 valence electrons. The number of benzene rings is 1. The van der Waals surface area contributed by atoms with E-state index in [4.69, 9.17) is 15.2 Å². The highest BCUT2D eigenvalue weighted by molar-refractivity contribution is 5.93. The summed E-state index contributed by atoms with van der Waals surface area (Å²) in [5.41, 5.74) is 5.42. The summed E-state index contributed by atoms with van der Waals surface area (Å²) in [6.45, 7) is 0. The van der Waals surface area contributed by atoms with Crippen molar-refractivity contribution >= 4 is 5.91 Å². The van der Waals surface area contributed by atoms with Crippen LogP contribution in [-0.4, -0.2) is 30.3 Å². The zero-order chi connectivity index (χ0) is 14.7. The molecule has 0 aliphatic carbocycles. The van der Waals surface area contributed by atoms with Gasteiger partial charge in [-0.25, -0.2) is 5.10 Å². The van der Waals surface area contributed by atoms with Crippen molar-refractivity contribution in [1.82, 2.24) is 10.2 Å². The largest absolute Gasteiger partial charge is 0.493 e. The molecule has 1 amide bonds. The molecule has 1 heterocycles. The van der Waals surface area contributed by atoms with E-state index in [9.17, 15) is 9.59 Å². The predicted octanol–water partition coefficient (Wildman–Crippen LogP) is 0.553. The molecule has 1 aromatic heterocycles. The third kappa shape index (κ3) is 2.46. The Morgan fingerprint density at radius 3 is 2.50 bits per heavy atom. The van der Waals surface area contributed by atoms with Crippen LogP contribution in [-0.2, 0) is 0 Å². The van der Waals surface area contributed by atoms with Gasteiger partial charge < -0.3 is 15.2 Å². The molecule has 0 unspecified atom stereocenters. The highest BCUT2D eigenvalue weighted by Gasteiger charge is 2.12. The van der Waals surface area contributed by atoms with E-state index in [1.165, 1.54) is 20.3 Å². The summed E-state index contributed by atoms with van der Waals surface area (Å²) in [6.07, 6.45) is 0. The number of carbonyl (C=O) groups excluding carboxylic acids is 1. The number of methoxy groups -OCH3 is 2. The molecule has 0 atom stereocenters. The predicted molar refractivity (Wildman–Crippen MR) is 71.9 cm³/mol.